The van der Waals surface area contributed by atoms with E-state index in [0.717, 1.165) is 65.0 Å². The molecule has 5 heterocycles. The first-order chi connectivity index (χ1) is 21.6. The highest BCUT2D eigenvalue weighted by Gasteiger charge is 2.31. The molecule has 0 spiro atoms. The number of aromatic nitrogens is 4. The summed E-state index contributed by atoms with van der Waals surface area (Å²) in [5, 5.41) is 4.16. The molecular weight excluding hydrogens is 552 g/mol. The molecule has 5 aromatic rings. The number of rotatable bonds is 7. The first kappa shape index (κ1) is 27.7. The van der Waals surface area contributed by atoms with Gasteiger partial charge >= 0.3 is 0 Å². The van der Waals surface area contributed by atoms with Crippen molar-refractivity contribution in [1.29, 1.82) is 0 Å². The fourth-order valence-electron chi connectivity index (χ4n) is 6.18. The van der Waals surface area contributed by atoms with Gasteiger partial charge in [-0.3, -0.25) is 19.5 Å². The number of H-pyrrole nitrogens is 1. The molecule has 2 saturated heterocycles. The van der Waals surface area contributed by atoms with Gasteiger partial charge in [-0.1, -0.05) is 0 Å². The fraction of sp³-hybridized carbons (Fsp3) is 0.265. The van der Waals surface area contributed by atoms with E-state index in [9.17, 15) is 9.59 Å². The number of hydrogen-bond acceptors (Lipinski definition) is 7. The van der Waals surface area contributed by atoms with E-state index >= 15 is 0 Å². The minimum Gasteiger partial charge on any atom is -0.368 e. The monoisotopic (exact) mass is 586 g/mol. The predicted octanol–water partition coefficient (Wildman–Crippen LogP) is 4.30. The second-order valence-electron chi connectivity index (χ2n) is 11.4. The van der Waals surface area contributed by atoms with Crippen molar-refractivity contribution in [2.75, 3.05) is 56.0 Å². The number of hydrogen-bond donors (Lipinski definition) is 2. The first-order valence-electron chi connectivity index (χ1n) is 15.1. The quantitative estimate of drug-likeness (QED) is 0.293. The Bertz CT molecular complexity index is 1750. The minimum absolute atomic E-state index is 0.00115. The zero-order valence-electron chi connectivity index (χ0n) is 24.4. The molecule has 10 nitrogen and oxygen atoms in total. The number of piperazine rings is 1. The van der Waals surface area contributed by atoms with Crippen LogP contribution in [0.25, 0.3) is 33.4 Å². The second-order valence-corrected chi connectivity index (χ2v) is 11.4. The number of likely N-dealkylation sites (tertiary alicyclic amines) is 1. The van der Waals surface area contributed by atoms with E-state index in [1.807, 2.05) is 59.6 Å². The van der Waals surface area contributed by atoms with Gasteiger partial charge in [0.05, 0.1) is 12.5 Å². The third-order valence-corrected chi connectivity index (χ3v) is 8.63. The van der Waals surface area contributed by atoms with Crippen molar-refractivity contribution in [2.24, 2.45) is 5.92 Å². The summed E-state index contributed by atoms with van der Waals surface area (Å²) in [4.78, 5) is 48.8. The maximum absolute atomic E-state index is 13.2. The van der Waals surface area contributed by atoms with Gasteiger partial charge in [0.15, 0.2) is 5.82 Å². The van der Waals surface area contributed by atoms with Crippen LogP contribution in [0.3, 0.4) is 0 Å². The Kier molecular flexibility index (Phi) is 7.72. The Morgan fingerprint density at radius 2 is 1.64 bits per heavy atom. The number of amides is 2. The summed E-state index contributed by atoms with van der Waals surface area (Å²) in [6.07, 6.45) is 9.77. The van der Waals surface area contributed by atoms with Gasteiger partial charge in [-0.15, -0.1) is 0 Å². The van der Waals surface area contributed by atoms with Gasteiger partial charge in [0.2, 0.25) is 11.8 Å². The van der Waals surface area contributed by atoms with E-state index in [0.29, 0.717) is 32.0 Å². The molecule has 0 radical (unpaired) electrons. The van der Waals surface area contributed by atoms with Gasteiger partial charge in [0.25, 0.3) is 0 Å². The van der Waals surface area contributed by atoms with Crippen LogP contribution in [0, 0.1) is 5.92 Å². The van der Waals surface area contributed by atoms with Crippen LogP contribution in [0.1, 0.15) is 6.42 Å². The number of nitrogens with one attached hydrogen (secondary N) is 2. The molecule has 1 atom stereocenters. The summed E-state index contributed by atoms with van der Waals surface area (Å²) in [6.45, 7) is 4.61. The van der Waals surface area contributed by atoms with Crippen molar-refractivity contribution in [1.82, 2.24) is 29.7 Å². The van der Waals surface area contributed by atoms with Crippen molar-refractivity contribution in [3.63, 3.8) is 0 Å². The van der Waals surface area contributed by atoms with E-state index < -0.39 is 0 Å². The van der Waals surface area contributed by atoms with Crippen molar-refractivity contribution < 1.29 is 9.59 Å². The SMILES string of the molecule is O=C(Nc1ccc2[nH]cc(-c3ccncc3)c2c1)C1CCN(CC(=O)N2CCN(c3ccc(-c4ncccn4)cc3)CC2)C1. The number of carbonyl (C=O) groups excluding carboxylic acids is 2. The molecular formula is C34H34N8O2. The summed E-state index contributed by atoms with van der Waals surface area (Å²) in [6, 6.07) is 20.0. The van der Waals surface area contributed by atoms with E-state index in [1.165, 1.54) is 0 Å². The molecule has 0 aliphatic carbocycles. The molecule has 2 fully saturated rings. The largest absolute Gasteiger partial charge is 0.368 e. The molecule has 3 aromatic heterocycles. The average Bonchev–Trinajstić information content (AvgIpc) is 3.73. The topological polar surface area (TPSA) is 110 Å². The standard InChI is InChI=1S/C34H34N8O2/c43-32(42-18-16-41(17-19-42)28-5-2-25(3-6-28)33-36-11-1-12-37-33)23-40-15-10-26(22-40)34(44)39-27-4-7-31-29(20-27)30(21-38-31)24-8-13-35-14-9-24/h1-9,11-14,20-21,26,38H,10,15-19,22-23H2,(H,39,44). The highest BCUT2D eigenvalue weighted by Crippen LogP contribution is 2.31. The Morgan fingerprint density at radius 3 is 2.41 bits per heavy atom. The molecule has 1 unspecified atom stereocenters. The number of benzene rings is 2. The van der Waals surface area contributed by atoms with Crippen LogP contribution in [0.4, 0.5) is 11.4 Å². The fourth-order valence-corrected chi connectivity index (χ4v) is 6.18. The third-order valence-electron chi connectivity index (χ3n) is 8.63. The van der Waals surface area contributed by atoms with Gasteiger partial charge in [-0.05, 0) is 79.2 Å². The average molecular weight is 587 g/mol. The van der Waals surface area contributed by atoms with Gasteiger partial charge in [0.1, 0.15) is 0 Å². The first-order valence-corrected chi connectivity index (χ1v) is 15.1. The van der Waals surface area contributed by atoms with Gasteiger partial charge in [0, 0.05) is 97.1 Å². The minimum atomic E-state index is -0.148. The molecule has 44 heavy (non-hydrogen) atoms. The molecule has 2 aliphatic heterocycles. The van der Waals surface area contributed by atoms with Crippen LogP contribution in [0.5, 0.6) is 0 Å². The van der Waals surface area contributed by atoms with Crippen molar-refractivity contribution in [3.05, 3.63) is 91.6 Å². The lowest BCUT2D eigenvalue weighted by atomic mass is 10.1. The van der Waals surface area contributed by atoms with Crippen LogP contribution in [-0.4, -0.2) is 87.4 Å². The van der Waals surface area contributed by atoms with Crippen LogP contribution in [0.15, 0.2) is 91.6 Å². The lowest BCUT2D eigenvalue weighted by Gasteiger charge is -2.36. The second kappa shape index (κ2) is 12.3. The van der Waals surface area contributed by atoms with Crippen molar-refractivity contribution >= 4 is 34.1 Å². The van der Waals surface area contributed by atoms with Gasteiger partial charge in [-0.25, -0.2) is 9.97 Å². The Morgan fingerprint density at radius 1 is 0.864 bits per heavy atom. The summed E-state index contributed by atoms with van der Waals surface area (Å²) >= 11 is 0. The zero-order chi connectivity index (χ0) is 29.9. The van der Waals surface area contributed by atoms with Crippen molar-refractivity contribution in [2.45, 2.75) is 6.42 Å². The molecule has 0 saturated carbocycles. The molecule has 2 aliphatic rings. The number of aromatic amines is 1. The number of anilines is 2. The molecule has 2 aromatic carbocycles. The Labute approximate surface area is 255 Å². The highest BCUT2D eigenvalue weighted by molar-refractivity contribution is 6.00. The molecule has 7 rings (SSSR count). The van der Waals surface area contributed by atoms with Crippen LogP contribution in [-0.2, 0) is 9.59 Å². The molecule has 10 heteroatoms. The van der Waals surface area contributed by atoms with Gasteiger partial charge < -0.3 is 20.1 Å². The summed E-state index contributed by atoms with van der Waals surface area (Å²) in [5.74, 6) is 0.693. The number of nitrogens with zero attached hydrogens (tertiary/aromatic N) is 6. The molecule has 0 bridgehead atoms. The maximum Gasteiger partial charge on any atom is 0.236 e. The number of fused-ring (bicyclic) bond motifs is 1. The van der Waals surface area contributed by atoms with E-state index in [4.69, 9.17) is 0 Å². The predicted molar refractivity (Wildman–Crippen MR) is 171 cm³/mol. The third kappa shape index (κ3) is 5.89. The maximum atomic E-state index is 13.2. The number of pyridine rings is 1. The van der Waals surface area contributed by atoms with Crippen LogP contribution >= 0.6 is 0 Å². The zero-order valence-corrected chi connectivity index (χ0v) is 24.4. The van der Waals surface area contributed by atoms with Crippen LogP contribution < -0.4 is 10.2 Å². The lowest BCUT2D eigenvalue weighted by molar-refractivity contribution is -0.132. The molecule has 222 valence electrons. The Balaban J connectivity index is 0.897. The summed E-state index contributed by atoms with van der Waals surface area (Å²) < 4.78 is 0. The van der Waals surface area contributed by atoms with Crippen molar-refractivity contribution in [3.8, 4) is 22.5 Å². The summed E-state index contributed by atoms with van der Waals surface area (Å²) in [5.41, 5.74) is 6.04. The molecule has 2 amide bonds. The van der Waals surface area contributed by atoms with Gasteiger partial charge in [-0.2, -0.15) is 0 Å². The van der Waals surface area contributed by atoms with E-state index in [1.54, 1.807) is 24.8 Å². The normalized spacial score (nSPS) is 17.2. The van der Waals surface area contributed by atoms with E-state index in [-0.39, 0.29) is 17.7 Å². The van der Waals surface area contributed by atoms with E-state index in [2.05, 4.69) is 47.2 Å². The lowest BCUT2D eigenvalue weighted by Crippen LogP contribution is -2.51. The number of carbonyl (C=O) groups is 2. The molecule has 2 N–H and O–H groups in total. The highest BCUT2D eigenvalue weighted by atomic mass is 16.2. The summed E-state index contributed by atoms with van der Waals surface area (Å²) in [7, 11) is 0. The Hall–Kier alpha value is -5.09. The van der Waals surface area contributed by atoms with Crippen LogP contribution in [0.2, 0.25) is 0 Å². The smallest absolute Gasteiger partial charge is 0.236 e.